The summed E-state index contributed by atoms with van der Waals surface area (Å²) in [7, 11) is 0. The Labute approximate surface area is 367 Å². The minimum absolute atomic E-state index is 0.182. The van der Waals surface area contributed by atoms with Gasteiger partial charge in [-0.3, -0.25) is 4.79 Å². The lowest BCUT2D eigenvalue weighted by molar-refractivity contribution is -0.154. The summed E-state index contributed by atoms with van der Waals surface area (Å²) in [6.45, 7) is 5.22. The Hall–Kier alpha value is -2.43. The van der Waals surface area contributed by atoms with Crippen molar-refractivity contribution >= 4 is 5.97 Å². The van der Waals surface area contributed by atoms with Gasteiger partial charge in [-0.25, -0.2) is 0 Å². The van der Waals surface area contributed by atoms with Crippen LogP contribution in [0.5, 0.6) is 0 Å². The molecule has 0 bridgehead atoms. The number of aliphatic hydroxyl groups excluding tert-OH is 1. The number of aliphatic hydroxyl groups is 1. The van der Waals surface area contributed by atoms with Crippen LogP contribution in [0.25, 0.3) is 0 Å². The lowest BCUT2D eigenvalue weighted by Crippen LogP contribution is -2.27. The molecule has 340 valence electrons. The fraction of sp³-hybridized carbons (Fsp3) is 0.727. The number of esters is 1. The van der Waals surface area contributed by atoms with Crippen molar-refractivity contribution in [2.24, 2.45) is 0 Å². The zero-order valence-corrected chi connectivity index (χ0v) is 39.0. The molecule has 0 aliphatic heterocycles. The van der Waals surface area contributed by atoms with Crippen LogP contribution in [-0.2, 0) is 14.3 Å². The summed E-state index contributed by atoms with van der Waals surface area (Å²) in [6.07, 6.45) is 72.4. The van der Waals surface area contributed by atoms with Gasteiger partial charge in [0, 0.05) is 13.0 Å². The minimum Gasteiger partial charge on any atom is -0.457 e. The second-order valence-corrected chi connectivity index (χ2v) is 16.5. The van der Waals surface area contributed by atoms with Crippen LogP contribution in [0.15, 0.2) is 85.1 Å². The third kappa shape index (κ3) is 49.8. The fourth-order valence-electron chi connectivity index (χ4n) is 6.97. The minimum atomic E-state index is -0.549. The van der Waals surface area contributed by atoms with Crippen LogP contribution in [0.2, 0.25) is 0 Å². The number of allylic oxidation sites excluding steroid dienone is 14. The first-order valence-corrected chi connectivity index (χ1v) is 25.2. The molecule has 0 aromatic rings. The monoisotopic (exact) mass is 821 g/mol. The number of rotatable bonds is 46. The van der Waals surface area contributed by atoms with Gasteiger partial charge in [-0.2, -0.15) is 0 Å². The predicted molar refractivity (Wildman–Crippen MR) is 260 cm³/mol. The van der Waals surface area contributed by atoms with E-state index < -0.39 is 6.10 Å². The Balaban J connectivity index is 3.49. The van der Waals surface area contributed by atoms with Crippen LogP contribution >= 0.6 is 0 Å². The molecular formula is C55H96O4. The van der Waals surface area contributed by atoms with E-state index in [0.717, 1.165) is 70.6 Å². The summed E-state index contributed by atoms with van der Waals surface area (Å²) in [6, 6.07) is 0. The molecule has 59 heavy (non-hydrogen) atoms. The molecule has 1 atom stereocenters. The molecule has 0 saturated heterocycles. The number of ether oxygens (including phenoxy) is 2. The molecule has 0 aliphatic carbocycles. The maximum absolute atomic E-state index is 12.3. The summed E-state index contributed by atoms with van der Waals surface area (Å²) < 4.78 is 11.2. The SMILES string of the molecule is CC/C=C\C/C=C\C/C=C\C/C=C\C/C=C\C/C=C\CCCCCCCCC(=O)OC(CO)COCCCCCCCCCCCC/C=C\CCCCCCCCCC. The summed E-state index contributed by atoms with van der Waals surface area (Å²) in [4.78, 5) is 12.3. The van der Waals surface area contributed by atoms with Crippen molar-refractivity contribution < 1.29 is 19.4 Å². The van der Waals surface area contributed by atoms with Gasteiger partial charge < -0.3 is 14.6 Å². The Bertz CT molecular complexity index is 1050. The number of carbonyl (C=O) groups is 1. The van der Waals surface area contributed by atoms with E-state index in [9.17, 15) is 9.90 Å². The topological polar surface area (TPSA) is 55.8 Å². The molecule has 1 N–H and O–H groups in total. The number of hydrogen-bond acceptors (Lipinski definition) is 4. The normalized spacial score (nSPS) is 13.1. The van der Waals surface area contributed by atoms with Gasteiger partial charge in [0.25, 0.3) is 0 Å². The van der Waals surface area contributed by atoms with E-state index in [4.69, 9.17) is 9.47 Å². The van der Waals surface area contributed by atoms with E-state index in [1.165, 1.54) is 141 Å². The highest BCUT2D eigenvalue weighted by Crippen LogP contribution is 2.14. The number of unbranched alkanes of at least 4 members (excludes halogenated alkanes) is 24. The molecule has 0 heterocycles. The van der Waals surface area contributed by atoms with Gasteiger partial charge >= 0.3 is 5.97 Å². The van der Waals surface area contributed by atoms with Gasteiger partial charge in [-0.1, -0.05) is 221 Å². The fourth-order valence-corrected chi connectivity index (χ4v) is 6.97. The summed E-state index contributed by atoms with van der Waals surface area (Å²) >= 11 is 0. The molecule has 0 radical (unpaired) electrons. The van der Waals surface area contributed by atoms with Gasteiger partial charge in [-0.05, 0) is 89.9 Å². The first-order valence-electron chi connectivity index (χ1n) is 25.2. The molecule has 0 spiro atoms. The van der Waals surface area contributed by atoms with Crippen molar-refractivity contribution in [1.82, 2.24) is 0 Å². The van der Waals surface area contributed by atoms with E-state index in [1.807, 2.05) is 0 Å². The van der Waals surface area contributed by atoms with Crippen LogP contribution in [0.3, 0.4) is 0 Å². The van der Waals surface area contributed by atoms with Crippen LogP contribution in [0.1, 0.15) is 232 Å². The highest BCUT2D eigenvalue weighted by Gasteiger charge is 2.13. The quantitative estimate of drug-likeness (QED) is 0.0378. The second kappa shape index (κ2) is 51.7. The number of hydrogen-bond donors (Lipinski definition) is 1. The van der Waals surface area contributed by atoms with Crippen molar-refractivity contribution in [3.8, 4) is 0 Å². The van der Waals surface area contributed by atoms with Crippen molar-refractivity contribution in [2.45, 2.75) is 238 Å². The molecule has 0 amide bonds. The van der Waals surface area contributed by atoms with Gasteiger partial charge in [0.1, 0.15) is 6.10 Å². The molecular weight excluding hydrogens is 725 g/mol. The lowest BCUT2D eigenvalue weighted by atomic mass is 10.1. The molecule has 0 aromatic carbocycles. The van der Waals surface area contributed by atoms with Gasteiger partial charge in [0.2, 0.25) is 0 Å². The van der Waals surface area contributed by atoms with Crippen molar-refractivity contribution in [3.05, 3.63) is 85.1 Å². The first kappa shape index (κ1) is 56.6. The molecule has 4 heteroatoms. The Kier molecular flexibility index (Phi) is 49.6. The van der Waals surface area contributed by atoms with Crippen molar-refractivity contribution in [1.29, 1.82) is 0 Å². The van der Waals surface area contributed by atoms with Gasteiger partial charge in [0.15, 0.2) is 0 Å². The highest BCUT2D eigenvalue weighted by atomic mass is 16.6. The van der Waals surface area contributed by atoms with Crippen LogP contribution in [-0.4, -0.2) is 37.0 Å². The molecule has 4 nitrogen and oxygen atoms in total. The molecule has 0 saturated carbocycles. The molecule has 0 aliphatic rings. The summed E-state index contributed by atoms with van der Waals surface area (Å²) in [5.41, 5.74) is 0. The molecule has 0 aromatic heterocycles. The van der Waals surface area contributed by atoms with Crippen LogP contribution in [0, 0.1) is 0 Å². The first-order chi connectivity index (χ1) is 29.2. The Morgan fingerprint density at radius 1 is 0.424 bits per heavy atom. The molecule has 0 rings (SSSR count). The molecule has 1 unspecified atom stereocenters. The average Bonchev–Trinajstić information content (AvgIpc) is 3.24. The van der Waals surface area contributed by atoms with E-state index in [2.05, 4.69) is 98.9 Å². The van der Waals surface area contributed by atoms with Gasteiger partial charge in [0.05, 0.1) is 13.2 Å². The van der Waals surface area contributed by atoms with Crippen LogP contribution in [0.4, 0.5) is 0 Å². The van der Waals surface area contributed by atoms with E-state index >= 15 is 0 Å². The van der Waals surface area contributed by atoms with E-state index in [1.54, 1.807) is 0 Å². The van der Waals surface area contributed by atoms with Gasteiger partial charge in [-0.15, -0.1) is 0 Å². The maximum atomic E-state index is 12.3. The Morgan fingerprint density at radius 2 is 0.763 bits per heavy atom. The lowest BCUT2D eigenvalue weighted by Gasteiger charge is -2.15. The second-order valence-electron chi connectivity index (χ2n) is 16.5. The zero-order chi connectivity index (χ0) is 42.6. The summed E-state index contributed by atoms with van der Waals surface area (Å²) in [5, 5.41) is 9.65. The van der Waals surface area contributed by atoms with E-state index in [0.29, 0.717) is 13.0 Å². The van der Waals surface area contributed by atoms with Crippen molar-refractivity contribution in [3.63, 3.8) is 0 Å². The van der Waals surface area contributed by atoms with Crippen LogP contribution < -0.4 is 0 Å². The summed E-state index contributed by atoms with van der Waals surface area (Å²) in [5.74, 6) is -0.216. The van der Waals surface area contributed by atoms with E-state index in [-0.39, 0.29) is 19.2 Å². The molecule has 0 fully saturated rings. The third-order valence-corrected chi connectivity index (χ3v) is 10.7. The number of carbonyl (C=O) groups excluding carboxylic acids is 1. The maximum Gasteiger partial charge on any atom is 0.306 e. The smallest absolute Gasteiger partial charge is 0.306 e. The predicted octanol–water partition coefficient (Wildman–Crippen LogP) is 17.1. The largest absolute Gasteiger partial charge is 0.457 e. The third-order valence-electron chi connectivity index (χ3n) is 10.7. The zero-order valence-electron chi connectivity index (χ0n) is 39.0. The Morgan fingerprint density at radius 3 is 1.17 bits per heavy atom. The van der Waals surface area contributed by atoms with Crippen molar-refractivity contribution in [2.75, 3.05) is 19.8 Å². The average molecular weight is 821 g/mol. The standard InChI is InChI=1S/C55H96O4/c1-3-5-7-9-11-13-15-17-19-21-23-25-27-28-29-30-32-34-36-38-40-42-44-46-48-50-55(57)59-54(52-56)53-58-51-49-47-45-43-41-39-37-35-33-31-26-24-22-20-18-16-14-12-10-8-6-4-2/h5,7,11,13,17,19,22-25,28-29,32,34,54,56H,3-4,6,8-10,12,14-16,18,20-21,26-27,30-31,33,35-53H2,1-2H3/b7-5-,13-11-,19-17-,24-22-,25-23-,29-28-,34-32-. The highest BCUT2D eigenvalue weighted by molar-refractivity contribution is 5.69.